The van der Waals surface area contributed by atoms with Crippen molar-refractivity contribution in [3.8, 4) is 0 Å². The van der Waals surface area contributed by atoms with Crippen molar-refractivity contribution in [2.45, 2.75) is 0 Å². The van der Waals surface area contributed by atoms with E-state index in [1.807, 2.05) is 0 Å². The quantitative estimate of drug-likeness (QED) is 0.176. The van der Waals surface area contributed by atoms with Crippen LogP contribution >= 0.6 is 0 Å². The van der Waals surface area contributed by atoms with Gasteiger partial charge in [-0.3, -0.25) is 0 Å². The highest BCUT2D eigenvalue weighted by Crippen LogP contribution is 2.50. The minimum absolute atomic E-state index is 1.32. The molecule has 9 aromatic carbocycles. The van der Waals surface area contributed by atoms with Crippen LogP contribution in [0.25, 0.3) is 86.2 Å². The third kappa shape index (κ3) is 1.57. The Morgan fingerprint density at radius 1 is 0.250 bits per heavy atom. The average Bonchev–Trinajstić information content (AvgIpc) is 2.85. The summed E-state index contributed by atoms with van der Waals surface area (Å²) in [6.07, 6.45) is 0. The van der Waals surface area contributed by atoms with E-state index in [0.717, 1.165) is 0 Å². The molecule has 0 aliphatic heterocycles. The molecular formula is C32H16. The molecule has 0 saturated heterocycles. The van der Waals surface area contributed by atoms with Crippen LogP contribution in [0.1, 0.15) is 0 Å². The fourth-order valence-corrected chi connectivity index (χ4v) is 6.66. The van der Waals surface area contributed by atoms with Crippen LogP contribution in [-0.4, -0.2) is 0 Å². The van der Waals surface area contributed by atoms with Crippen LogP contribution in [0, 0.1) is 0 Å². The first kappa shape index (κ1) is 15.6. The van der Waals surface area contributed by atoms with Gasteiger partial charge in [0, 0.05) is 0 Å². The molecule has 0 aliphatic carbocycles. The molecule has 0 unspecified atom stereocenters. The second-order valence-electron chi connectivity index (χ2n) is 9.28. The summed E-state index contributed by atoms with van der Waals surface area (Å²) in [5.41, 5.74) is 0. The molecule has 0 heteroatoms. The summed E-state index contributed by atoms with van der Waals surface area (Å²) in [4.78, 5) is 0. The van der Waals surface area contributed by atoms with E-state index in [4.69, 9.17) is 0 Å². The van der Waals surface area contributed by atoms with Gasteiger partial charge in [0.2, 0.25) is 0 Å². The zero-order valence-electron chi connectivity index (χ0n) is 17.2. The molecule has 0 aliphatic rings. The predicted octanol–water partition coefficient (Wildman–Crippen LogP) is 9.23. The average molecular weight is 400 g/mol. The van der Waals surface area contributed by atoms with E-state index in [-0.39, 0.29) is 0 Å². The number of fused-ring (bicyclic) bond motifs is 3. The van der Waals surface area contributed by atoms with E-state index in [1.54, 1.807) is 0 Å². The van der Waals surface area contributed by atoms with Crippen molar-refractivity contribution in [3.63, 3.8) is 0 Å². The van der Waals surface area contributed by atoms with Gasteiger partial charge in [0.15, 0.2) is 0 Å². The molecule has 0 heterocycles. The van der Waals surface area contributed by atoms with Crippen LogP contribution < -0.4 is 0 Å². The Morgan fingerprint density at radius 3 is 1.31 bits per heavy atom. The third-order valence-corrected chi connectivity index (χ3v) is 7.84. The van der Waals surface area contributed by atoms with E-state index >= 15 is 0 Å². The van der Waals surface area contributed by atoms with Gasteiger partial charge in [-0.1, -0.05) is 84.9 Å². The first-order chi connectivity index (χ1) is 15.9. The van der Waals surface area contributed by atoms with Crippen LogP contribution in [0.5, 0.6) is 0 Å². The molecule has 0 fully saturated rings. The minimum Gasteiger partial charge on any atom is -0.0610 e. The lowest BCUT2D eigenvalue weighted by Gasteiger charge is -2.22. The number of rotatable bonds is 0. The number of hydrogen-bond acceptors (Lipinski definition) is 0. The van der Waals surface area contributed by atoms with E-state index in [2.05, 4.69) is 97.1 Å². The standard InChI is InChI=1S/C32H16/c1-5-17-6-2-12-24-26-16-20-14-13-18-7-3-9-21-22-10-4-8-19-15-25(23(11-1)27(17)24)31(26)32(29(19)22)30(20)28(18)21/h1-16H. The molecule has 0 radical (unpaired) electrons. The minimum atomic E-state index is 1.32. The normalized spacial score (nSPS) is 13.0. The van der Waals surface area contributed by atoms with Gasteiger partial charge in [0.25, 0.3) is 0 Å². The van der Waals surface area contributed by atoms with Gasteiger partial charge in [0.1, 0.15) is 0 Å². The maximum Gasteiger partial charge on any atom is -0.000159 e. The first-order valence-electron chi connectivity index (χ1n) is 11.3. The van der Waals surface area contributed by atoms with Crippen LogP contribution in [0.4, 0.5) is 0 Å². The van der Waals surface area contributed by atoms with Crippen molar-refractivity contribution in [2.75, 3.05) is 0 Å². The van der Waals surface area contributed by atoms with Gasteiger partial charge in [-0.25, -0.2) is 0 Å². The maximum atomic E-state index is 2.45. The SMILES string of the molecule is c1cc2cccc3c4cc5ccc6cccc7c8cccc9cc(c(c1)c23)c4c(c98)c5c67. The van der Waals surface area contributed by atoms with Crippen molar-refractivity contribution in [1.29, 1.82) is 0 Å². The van der Waals surface area contributed by atoms with E-state index < -0.39 is 0 Å². The second-order valence-corrected chi connectivity index (χ2v) is 9.28. The topological polar surface area (TPSA) is 0 Å². The molecule has 9 rings (SSSR count). The first-order valence-corrected chi connectivity index (χ1v) is 11.3. The lowest BCUT2D eigenvalue weighted by atomic mass is 9.81. The highest BCUT2D eigenvalue weighted by atomic mass is 14.2. The Kier molecular flexibility index (Phi) is 2.44. The van der Waals surface area contributed by atoms with Gasteiger partial charge in [-0.15, -0.1) is 0 Å². The summed E-state index contributed by atoms with van der Waals surface area (Å²) in [5.74, 6) is 0. The number of hydrogen-bond donors (Lipinski definition) is 0. The van der Waals surface area contributed by atoms with Gasteiger partial charge in [-0.2, -0.15) is 0 Å². The van der Waals surface area contributed by atoms with Crippen molar-refractivity contribution in [1.82, 2.24) is 0 Å². The van der Waals surface area contributed by atoms with Gasteiger partial charge in [-0.05, 0) is 98.3 Å². The zero-order valence-corrected chi connectivity index (χ0v) is 17.2. The molecule has 0 atom stereocenters. The van der Waals surface area contributed by atoms with Crippen molar-refractivity contribution >= 4 is 86.2 Å². The van der Waals surface area contributed by atoms with Gasteiger partial charge < -0.3 is 0 Å². The predicted molar refractivity (Wildman–Crippen MR) is 140 cm³/mol. The fourth-order valence-electron chi connectivity index (χ4n) is 6.66. The molecule has 0 nitrogen and oxygen atoms in total. The summed E-state index contributed by atoms with van der Waals surface area (Å²) < 4.78 is 0. The zero-order chi connectivity index (χ0) is 20.6. The van der Waals surface area contributed by atoms with Crippen molar-refractivity contribution in [2.24, 2.45) is 0 Å². The molecule has 9 aromatic rings. The molecule has 0 saturated carbocycles. The monoisotopic (exact) mass is 400 g/mol. The summed E-state index contributed by atoms with van der Waals surface area (Å²) >= 11 is 0. The summed E-state index contributed by atoms with van der Waals surface area (Å²) in [6.45, 7) is 0. The Labute approximate surface area is 183 Å². The molecule has 0 spiro atoms. The van der Waals surface area contributed by atoms with Crippen molar-refractivity contribution < 1.29 is 0 Å². The summed E-state index contributed by atoms with van der Waals surface area (Å²) in [5, 5.41) is 22.0. The van der Waals surface area contributed by atoms with E-state index in [1.165, 1.54) is 86.2 Å². The largest absolute Gasteiger partial charge is 0.0610 e. The Bertz CT molecular complexity index is 2130. The lowest BCUT2D eigenvalue weighted by molar-refractivity contribution is 1.80. The number of benzene rings is 9. The molecule has 0 bridgehead atoms. The molecule has 0 aromatic heterocycles. The van der Waals surface area contributed by atoms with Crippen LogP contribution in [0.2, 0.25) is 0 Å². The van der Waals surface area contributed by atoms with Gasteiger partial charge >= 0.3 is 0 Å². The molecule has 0 N–H and O–H groups in total. The van der Waals surface area contributed by atoms with Crippen molar-refractivity contribution in [3.05, 3.63) is 97.1 Å². The van der Waals surface area contributed by atoms with E-state index in [0.29, 0.717) is 0 Å². The second kappa shape index (κ2) is 5.00. The summed E-state index contributed by atoms with van der Waals surface area (Å²) in [7, 11) is 0. The Morgan fingerprint density at radius 2 is 0.688 bits per heavy atom. The van der Waals surface area contributed by atoms with Gasteiger partial charge in [0.05, 0.1) is 0 Å². The van der Waals surface area contributed by atoms with Crippen LogP contribution in [0.3, 0.4) is 0 Å². The summed E-state index contributed by atoms with van der Waals surface area (Å²) in [6, 6.07) is 36.6. The molecule has 32 heavy (non-hydrogen) atoms. The molecule has 0 amide bonds. The van der Waals surface area contributed by atoms with E-state index in [9.17, 15) is 0 Å². The lowest BCUT2D eigenvalue weighted by Crippen LogP contribution is -1.93. The fraction of sp³-hybridized carbons (Fsp3) is 0. The smallest absolute Gasteiger partial charge is 0.000159 e. The third-order valence-electron chi connectivity index (χ3n) is 7.84. The highest BCUT2D eigenvalue weighted by molar-refractivity contribution is 6.47. The molecule has 144 valence electrons. The highest BCUT2D eigenvalue weighted by Gasteiger charge is 2.21. The Hall–Kier alpha value is -4.16. The maximum absolute atomic E-state index is 2.45. The Balaban J connectivity index is 1.80. The van der Waals surface area contributed by atoms with Crippen LogP contribution in [0.15, 0.2) is 97.1 Å². The van der Waals surface area contributed by atoms with Crippen LogP contribution in [-0.2, 0) is 0 Å². The molecular weight excluding hydrogens is 384 g/mol.